The fourth-order valence-electron chi connectivity index (χ4n) is 1.88. The Morgan fingerprint density at radius 1 is 1.30 bits per heavy atom. The van der Waals surface area contributed by atoms with Gasteiger partial charge in [0.1, 0.15) is 11.4 Å². The maximum Gasteiger partial charge on any atom is 0.282 e. The van der Waals surface area contributed by atoms with E-state index in [4.69, 9.17) is 12.2 Å². The summed E-state index contributed by atoms with van der Waals surface area (Å²) in [6, 6.07) is 0.704. The summed E-state index contributed by atoms with van der Waals surface area (Å²) < 4.78 is 51.6. The first-order valence-corrected chi connectivity index (χ1v) is 6.20. The molecular weight excluding hydrogens is 298 g/mol. The smallest absolute Gasteiger partial charge is 0.282 e. The quantitative estimate of drug-likeness (QED) is 0.620. The minimum absolute atomic E-state index is 0.107. The zero-order valence-electron chi connectivity index (χ0n) is 10.4. The molecule has 110 valence electrons. The highest BCUT2D eigenvalue weighted by Crippen LogP contribution is 2.26. The van der Waals surface area contributed by atoms with Gasteiger partial charge in [0.05, 0.1) is 6.54 Å². The molecule has 20 heavy (non-hydrogen) atoms. The van der Waals surface area contributed by atoms with Gasteiger partial charge in [0.15, 0.2) is 6.17 Å². The third-order valence-electron chi connectivity index (χ3n) is 2.84. The SMILES string of the molecule is CCN1C(=S)N=NC1Cn1nc(C(F)F)cc1C(F)F. The van der Waals surface area contributed by atoms with Gasteiger partial charge < -0.3 is 4.90 Å². The Labute approximate surface area is 117 Å². The summed E-state index contributed by atoms with van der Waals surface area (Å²) in [5.41, 5.74) is -1.25. The van der Waals surface area contributed by atoms with Crippen LogP contribution < -0.4 is 0 Å². The fraction of sp³-hybridized carbons (Fsp3) is 0.600. The van der Waals surface area contributed by atoms with Crippen molar-refractivity contribution in [2.45, 2.75) is 32.5 Å². The molecule has 0 radical (unpaired) electrons. The van der Waals surface area contributed by atoms with E-state index in [2.05, 4.69) is 15.3 Å². The molecule has 0 aliphatic carbocycles. The van der Waals surface area contributed by atoms with Crippen LogP contribution in [0, 0.1) is 0 Å². The monoisotopic (exact) mass is 309 g/mol. The average Bonchev–Trinajstić information content (AvgIpc) is 2.94. The number of hydrogen-bond donors (Lipinski definition) is 0. The summed E-state index contributed by atoms with van der Waals surface area (Å²) in [5, 5.41) is 11.3. The Hall–Kier alpha value is -1.58. The maximum absolute atomic E-state index is 12.8. The van der Waals surface area contributed by atoms with Gasteiger partial charge in [-0.2, -0.15) is 10.2 Å². The van der Waals surface area contributed by atoms with Crippen LogP contribution in [0.5, 0.6) is 0 Å². The number of halogens is 4. The summed E-state index contributed by atoms with van der Waals surface area (Å²) in [5.74, 6) is 0. The zero-order valence-corrected chi connectivity index (χ0v) is 11.2. The Balaban J connectivity index is 2.24. The number of rotatable bonds is 5. The number of azo groups is 1. The number of thiocarbonyl (C=S) groups is 1. The largest absolute Gasteiger partial charge is 0.321 e. The van der Waals surface area contributed by atoms with Crippen molar-refractivity contribution < 1.29 is 17.6 Å². The van der Waals surface area contributed by atoms with Gasteiger partial charge in [-0.1, -0.05) is 0 Å². The van der Waals surface area contributed by atoms with E-state index in [-0.39, 0.29) is 11.7 Å². The third kappa shape index (κ3) is 2.79. The van der Waals surface area contributed by atoms with Gasteiger partial charge in [-0.15, -0.1) is 5.11 Å². The van der Waals surface area contributed by atoms with E-state index in [1.807, 2.05) is 0 Å². The van der Waals surface area contributed by atoms with Crippen LogP contribution in [0.25, 0.3) is 0 Å². The molecule has 1 aromatic rings. The predicted molar refractivity (Wildman–Crippen MR) is 65.8 cm³/mol. The van der Waals surface area contributed by atoms with E-state index < -0.39 is 30.4 Å². The molecule has 5 nitrogen and oxygen atoms in total. The van der Waals surface area contributed by atoms with E-state index in [1.54, 1.807) is 11.8 Å². The maximum atomic E-state index is 12.8. The topological polar surface area (TPSA) is 45.8 Å². The molecule has 1 unspecified atom stereocenters. The van der Waals surface area contributed by atoms with Crippen molar-refractivity contribution in [1.29, 1.82) is 0 Å². The van der Waals surface area contributed by atoms with Crippen LogP contribution in [0.2, 0.25) is 0 Å². The highest BCUT2D eigenvalue weighted by Gasteiger charge is 2.28. The van der Waals surface area contributed by atoms with Gasteiger partial charge in [-0.25, -0.2) is 17.6 Å². The standard InChI is InChI=1S/C10H11F4N5S/c1-2-18-7(15-16-10(18)20)4-19-6(9(13)14)3-5(17-19)8(11)12/h3,7-9H,2,4H2,1H3. The Kier molecular flexibility index (Phi) is 4.31. The summed E-state index contributed by atoms with van der Waals surface area (Å²) in [4.78, 5) is 1.61. The lowest BCUT2D eigenvalue weighted by molar-refractivity contribution is 0.136. The molecule has 0 spiro atoms. The second-order valence-electron chi connectivity index (χ2n) is 4.04. The van der Waals surface area contributed by atoms with Gasteiger partial charge in [0.25, 0.3) is 12.9 Å². The van der Waals surface area contributed by atoms with E-state index in [9.17, 15) is 17.6 Å². The number of hydrogen-bond acceptors (Lipinski definition) is 3. The number of aromatic nitrogens is 2. The summed E-state index contributed by atoms with van der Waals surface area (Å²) in [6.45, 7) is 2.19. The van der Waals surface area contributed by atoms with E-state index in [0.29, 0.717) is 12.6 Å². The molecule has 10 heteroatoms. The Morgan fingerprint density at radius 3 is 2.55 bits per heavy atom. The second-order valence-corrected chi connectivity index (χ2v) is 4.41. The molecule has 1 aromatic heterocycles. The first-order valence-electron chi connectivity index (χ1n) is 5.79. The Morgan fingerprint density at radius 2 is 2.00 bits per heavy atom. The summed E-state index contributed by atoms with van der Waals surface area (Å²) in [7, 11) is 0. The van der Waals surface area contributed by atoms with Crippen molar-refractivity contribution in [3.05, 3.63) is 17.5 Å². The third-order valence-corrected chi connectivity index (χ3v) is 3.15. The molecule has 2 rings (SSSR count). The van der Waals surface area contributed by atoms with Gasteiger partial charge in [-0.05, 0) is 25.2 Å². The molecule has 0 bridgehead atoms. The molecule has 0 saturated carbocycles. The first kappa shape index (κ1) is 14.8. The van der Waals surface area contributed by atoms with Crippen LogP contribution in [0.15, 0.2) is 16.3 Å². The van der Waals surface area contributed by atoms with E-state index in [1.165, 1.54) is 0 Å². The number of nitrogens with zero attached hydrogens (tertiary/aromatic N) is 5. The molecule has 0 amide bonds. The van der Waals surface area contributed by atoms with Crippen LogP contribution in [0.3, 0.4) is 0 Å². The van der Waals surface area contributed by atoms with Gasteiger partial charge >= 0.3 is 0 Å². The average molecular weight is 309 g/mol. The second kappa shape index (κ2) is 5.81. The summed E-state index contributed by atoms with van der Waals surface area (Å²) >= 11 is 4.93. The number of likely N-dealkylation sites (N-methyl/N-ethyl adjacent to an activating group) is 1. The van der Waals surface area contributed by atoms with Gasteiger partial charge in [-0.3, -0.25) is 4.68 Å². The minimum Gasteiger partial charge on any atom is -0.321 e. The van der Waals surface area contributed by atoms with Crippen molar-refractivity contribution in [2.75, 3.05) is 6.54 Å². The van der Waals surface area contributed by atoms with Crippen molar-refractivity contribution in [2.24, 2.45) is 10.2 Å². The van der Waals surface area contributed by atoms with Crippen molar-refractivity contribution in [3.8, 4) is 0 Å². The predicted octanol–water partition coefficient (Wildman–Crippen LogP) is 3.16. The van der Waals surface area contributed by atoms with Crippen molar-refractivity contribution >= 4 is 17.3 Å². The molecule has 1 aliphatic rings. The molecule has 0 aromatic carbocycles. The zero-order chi connectivity index (χ0) is 14.9. The first-order chi connectivity index (χ1) is 9.43. The van der Waals surface area contributed by atoms with Gasteiger partial charge in [0.2, 0.25) is 5.11 Å². The van der Waals surface area contributed by atoms with Crippen molar-refractivity contribution in [3.63, 3.8) is 0 Å². The van der Waals surface area contributed by atoms with Crippen LogP contribution in [0.4, 0.5) is 17.6 Å². The molecule has 0 saturated heterocycles. The highest BCUT2D eigenvalue weighted by molar-refractivity contribution is 7.80. The lowest BCUT2D eigenvalue weighted by Gasteiger charge is -2.21. The van der Waals surface area contributed by atoms with E-state index in [0.717, 1.165) is 4.68 Å². The molecule has 2 heterocycles. The van der Waals surface area contributed by atoms with Crippen LogP contribution in [0.1, 0.15) is 31.2 Å². The lowest BCUT2D eigenvalue weighted by Crippen LogP contribution is -2.36. The lowest BCUT2D eigenvalue weighted by atomic mass is 10.3. The van der Waals surface area contributed by atoms with Crippen LogP contribution >= 0.6 is 12.2 Å². The highest BCUT2D eigenvalue weighted by atomic mass is 32.1. The molecule has 0 fully saturated rings. The minimum atomic E-state index is -2.90. The van der Waals surface area contributed by atoms with Crippen LogP contribution in [-0.2, 0) is 6.54 Å². The molecule has 1 atom stereocenters. The molecular formula is C10H11F4N5S. The molecule has 1 aliphatic heterocycles. The van der Waals surface area contributed by atoms with Crippen molar-refractivity contribution in [1.82, 2.24) is 14.7 Å². The molecule has 0 N–H and O–H groups in total. The summed E-state index contributed by atoms with van der Waals surface area (Å²) in [6.07, 6.45) is -6.40. The fourth-order valence-corrected chi connectivity index (χ4v) is 2.18. The number of alkyl halides is 4. The van der Waals surface area contributed by atoms with Gasteiger partial charge in [0, 0.05) is 6.54 Å². The van der Waals surface area contributed by atoms with Crippen LogP contribution in [-0.4, -0.2) is 32.5 Å². The normalized spacial score (nSPS) is 18.9. The van der Waals surface area contributed by atoms with E-state index >= 15 is 0 Å². The Bertz CT molecular complexity index is 530.